The predicted octanol–water partition coefficient (Wildman–Crippen LogP) is 2.81. The Kier molecular flexibility index (Phi) is 3.46. The van der Waals surface area contributed by atoms with E-state index in [1.165, 1.54) is 0 Å². The van der Waals surface area contributed by atoms with Crippen LogP contribution in [0, 0.1) is 5.92 Å². The van der Waals surface area contributed by atoms with E-state index < -0.39 is 5.97 Å². The third-order valence-corrected chi connectivity index (χ3v) is 1.99. The third kappa shape index (κ3) is 2.73. The molecule has 0 heterocycles. The van der Waals surface area contributed by atoms with Crippen molar-refractivity contribution < 1.29 is 9.90 Å². The molecule has 0 bridgehead atoms. The van der Waals surface area contributed by atoms with Crippen LogP contribution >= 0.6 is 0 Å². The molecule has 2 nitrogen and oxygen atoms in total. The average molecular weight is 190 g/mol. The zero-order valence-corrected chi connectivity index (χ0v) is 8.40. The topological polar surface area (TPSA) is 37.3 Å². The number of carboxylic acids is 1. The highest BCUT2D eigenvalue weighted by Gasteiger charge is 2.10. The van der Waals surface area contributed by atoms with Crippen LogP contribution in [0.25, 0.3) is 6.08 Å². The predicted molar refractivity (Wildman–Crippen MR) is 56.9 cm³/mol. The molecule has 0 radical (unpaired) electrons. The van der Waals surface area contributed by atoms with Gasteiger partial charge in [-0.15, -0.1) is 0 Å². The molecule has 0 aromatic heterocycles. The molecule has 0 aliphatic heterocycles. The van der Waals surface area contributed by atoms with Crippen LogP contribution in [0.5, 0.6) is 0 Å². The summed E-state index contributed by atoms with van der Waals surface area (Å²) in [6.07, 6.45) is 1.72. The van der Waals surface area contributed by atoms with Crippen molar-refractivity contribution in [1.29, 1.82) is 0 Å². The quantitative estimate of drug-likeness (QED) is 0.744. The number of aliphatic carboxylic acids is 1. The van der Waals surface area contributed by atoms with Crippen LogP contribution in [0.4, 0.5) is 0 Å². The molecule has 1 N–H and O–H groups in total. The number of carboxylic acid groups (broad SMARTS) is 1. The molecule has 0 atom stereocenters. The van der Waals surface area contributed by atoms with Crippen molar-refractivity contribution in [3.63, 3.8) is 0 Å². The Morgan fingerprint density at radius 3 is 2.29 bits per heavy atom. The fraction of sp³-hybridized carbons (Fsp3) is 0.250. The molecule has 0 spiro atoms. The first-order valence-corrected chi connectivity index (χ1v) is 4.61. The van der Waals surface area contributed by atoms with Gasteiger partial charge >= 0.3 is 5.97 Å². The lowest BCUT2D eigenvalue weighted by Gasteiger charge is -2.05. The molecule has 0 unspecified atom stereocenters. The Balaban J connectivity index is 3.00. The second-order valence-electron chi connectivity index (χ2n) is 3.47. The zero-order chi connectivity index (χ0) is 10.6. The lowest BCUT2D eigenvalue weighted by Crippen LogP contribution is -2.06. The van der Waals surface area contributed by atoms with Crippen LogP contribution in [-0.4, -0.2) is 11.1 Å². The van der Waals surface area contributed by atoms with Gasteiger partial charge in [-0.05, 0) is 17.6 Å². The molecule has 1 rings (SSSR count). The number of rotatable bonds is 3. The molecule has 14 heavy (non-hydrogen) atoms. The van der Waals surface area contributed by atoms with Gasteiger partial charge in [0, 0.05) is 5.57 Å². The lowest BCUT2D eigenvalue weighted by molar-refractivity contribution is -0.133. The summed E-state index contributed by atoms with van der Waals surface area (Å²) in [4.78, 5) is 10.9. The molecule has 1 aromatic rings. The molecule has 0 fully saturated rings. The highest BCUT2D eigenvalue weighted by atomic mass is 16.4. The second kappa shape index (κ2) is 4.61. The van der Waals surface area contributed by atoms with Crippen molar-refractivity contribution in [2.75, 3.05) is 0 Å². The molecule has 0 saturated heterocycles. The van der Waals surface area contributed by atoms with Crippen molar-refractivity contribution in [1.82, 2.24) is 0 Å². The molecule has 0 amide bonds. The van der Waals surface area contributed by atoms with Crippen LogP contribution in [0.1, 0.15) is 19.4 Å². The maximum atomic E-state index is 10.9. The lowest BCUT2D eigenvalue weighted by atomic mass is 10.0. The van der Waals surface area contributed by atoms with Gasteiger partial charge in [-0.3, -0.25) is 0 Å². The summed E-state index contributed by atoms with van der Waals surface area (Å²) in [5.41, 5.74) is 1.37. The summed E-state index contributed by atoms with van der Waals surface area (Å²) in [7, 11) is 0. The first-order valence-electron chi connectivity index (χ1n) is 4.61. The highest BCUT2D eigenvalue weighted by molar-refractivity contribution is 5.92. The number of benzene rings is 1. The van der Waals surface area contributed by atoms with Crippen molar-refractivity contribution in [3.8, 4) is 0 Å². The Bertz CT molecular complexity index is 337. The van der Waals surface area contributed by atoms with Crippen molar-refractivity contribution >= 4 is 12.0 Å². The molecule has 1 aromatic carbocycles. The maximum Gasteiger partial charge on any atom is 0.331 e. The van der Waals surface area contributed by atoms with E-state index in [4.69, 9.17) is 5.11 Å². The van der Waals surface area contributed by atoms with E-state index in [2.05, 4.69) is 0 Å². The number of hydrogen-bond acceptors (Lipinski definition) is 1. The molecule has 0 aliphatic carbocycles. The maximum absolute atomic E-state index is 10.9. The van der Waals surface area contributed by atoms with Crippen LogP contribution in [0.15, 0.2) is 35.9 Å². The largest absolute Gasteiger partial charge is 0.478 e. The van der Waals surface area contributed by atoms with Gasteiger partial charge in [0.25, 0.3) is 0 Å². The molecular formula is C12H14O2. The van der Waals surface area contributed by atoms with Gasteiger partial charge in [0.15, 0.2) is 0 Å². The summed E-state index contributed by atoms with van der Waals surface area (Å²) >= 11 is 0. The Morgan fingerprint density at radius 1 is 1.29 bits per heavy atom. The fourth-order valence-corrected chi connectivity index (χ4v) is 1.20. The van der Waals surface area contributed by atoms with Gasteiger partial charge in [-0.2, -0.15) is 0 Å². The van der Waals surface area contributed by atoms with Gasteiger partial charge < -0.3 is 5.11 Å². The van der Waals surface area contributed by atoms with Gasteiger partial charge in [0.1, 0.15) is 0 Å². The zero-order valence-electron chi connectivity index (χ0n) is 8.40. The summed E-state index contributed by atoms with van der Waals surface area (Å²) in [5.74, 6) is -0.809. The number of hydrogen-bond donors (Lipinski definition) is 1. The minimum atomic E-state index is -0.844. The SMILES string of the molecule is CC(C)/C(=C/c1ccccc1)C(=O)O. The third-order valence-electron chi connectivity index (χ3n) is 1.99. The van der Waals surface area contributed by atoms with E-state index in [1.54, 1.807) is 6.08 Å². The van der Waals surface area contributed by atoms with E-state index in [-0.39, 0.29) is 5.92 Å². The van der Waals surface area contributed by atoms with Crippen LogP contribution in [-0.2, 0) is 4.79 Å². The van der Waals surface area contributed by atoms with Crippen LogP contribution < -0.4 is 0 Å². The second-order valence-corrected chi connectivity index (χ2v) is 3.47. The standard InChI is InChI=1S/C12H14O2/c1-9(2)11(12(13)14)8-10-6-4-3-5-7-10/h3-9H,1-2H3,(H,13,14)/b11-8-. The summed E-state index contributed by atoms with van der Waals surface area (Å²) < 4.78 is 0. The van der Waals surface area contributed by atoms with Gasteiger partial charge in [-0.25, -0.2) is 4.79 Å². The monoisotopic (exact) mass is 190 g/mol. The Morgan fingerprint density at radius 2 is 1.86 bits per heavy atom. The van der Waals surface area contributed by atoms with Crippen molar-refractivity contribution in [2.45, 2.75) is 13.8 Å². The van der Waals surface area contributed by atoms with Crippen molar-refractivity contribution in [3.05, 3.63) is 41.5 Å². The first-order chi connectivity index (χ1) is 6.61. The highest BCUT2D eigenvalue weighted by Crippen LogP contribution is 2.14. The van der Waals surface area contributed by atoms with Gasteiger partial charge in [0.2, 0.25) is 0 Å². The molecule has 0 aliphatic rings. The molecule has 74 valence electrons. The van der Waals surface area contributed by atoms with Crippen LogP contribution in [0.2, 0.25) is 0 Å². The van der Waals surface area contributed by atoms with Crippen LogP contribution in [0.3, 0.4) is 0 Å². The van der Waals surface area contributed by atoms with E-state index in [1.807, 2.05) is 44.2 Å². The fourth-order valence-electron chi connectivity index (χ4n) is 1.20. The van der Waals surface area contributed by atoms with E-state index in [9.17, 15) is 4.79 Å². The smallest absolute Gasteiger partial charge is 0.331 e. The minimum absolute atomic E-state index is 0.0349. The number of carbonyl (C=O) groups is 1. The normalized spacial score (nSPS) is 11.8. The molecule has 0 saturated carbocycles. The van der Waals surface area contributed by atoms with Gasteiger partial charge in [-0.1, -0.05) is 44.2 Å². The molecule has 2 heteroatoms. The molecular weight excluding hydrogens is 176 g/mol. The Labute approximate surface area is 83.9 Å². The first kappa shape index (κ1) is 10.5. The summed E-state index contributed by atoms with van der Waals surface area (Å²) in [5, 5.41) is 8.94. The van der Waals surface area contributed by atoms with E-state index in [0.29, 0.717) is 5.57 Å². The van der Waals surface area contributed by atoms with Crippen molar-refractivity contribution in [2.24, 2.45) is 5.92 Å². The summed E-state index contributed by atoms with van der Waals surface area (Å²) in [6, 6.07) is 9.49. The average Bonchev–Trinajstić information content (AvgIpc) is 2.15. The minimum Gasteiger partial charge on any atom is -0.478 e. The van der Waals surface area contributed by atoms with E-state index >= 15 is 0 Å². The van der Waals surface area contributed by atoms with Gasteiger partial charge in [0.05, 0.1) is 0 Å². The Hall–Kier alpha value is -1.57. The van der Waals surface area contributed by atoms with E-state index in [0.717, 1.165) is 5.56 Å². The summed E-state index contributed by atoms with van der Waals surface area (Å²) in [6.45, 7) is 3.76.